The van der Waals surface area contributed by atoms with Crippen molar-refractivity contribution in [1.29, 1.82) is 0 Å². The van der Waals surface area contributed by atoms with E-state index >= 15 is 0 Å². The van der Waals surface area contributed by atoms with Gasteiger partial charge in [-0.1, -0.05) is 6.07 Å². The Hall–Kier alpha value is -2.90. The molecule has 0 spiro atoms. The van der Waals surface area contributed by atoms with Crippen molar-refractivity contribution in [3.8, 4) is 0 Å². The zero-order valence-corrected chi connectivity index (χ0v) is 11.2. The molecule has 0 aliphatic heterocycles. The molecular weight excluding hydrogens is 278 g/mol. The summed E-state index contributed by atoms with van der Waals surface area (Å²) in [6.45, 7) is 1.75. The minimum atomic E-state index is -1.24. The number of fused-ring (bicyclic) bond motifs is 1. The van der Waals surface area contributed by atoms with Crippen LogP contribution >= 0.6 is 0 Å². The number of rotatable bonds is 4. The summed E-state index contributed by atoms with van der Waals surface area (Å²) in [4.78, 5) is 48.6. The van der Waals surface area contributed by atoms with E-state index < -0.39 is 23.0 Å². The average Bonchev–Trinajstić information content (AvgIpc) is 2.43. The summed E-state index contributed by atoms with van der Waals surface area (Å²) in [5.74, 6) is -1.67. The van der Waals surface area contributed by atoms with E-state index in [9.17, 15) is 19.2 Å². The number of para-hydroxylation sites is 1. The lowest BCUT2D eigenvalue weighted by Crippen LogP contribution is -2.40. The average molecular weight is 291 g/mol. The number of nitrogens with one attached hydrogen (secondary N) is 2. The van der Waals surface area contributed by atoms with Gasteiger partial charge in [-0.25, -0.2) is 4.79 Å². The Kier molecular flexibility index (Phi) is 3.88. The molecule has 0 aliphatic rings. The molecule has 2 rings (SSSR count). The molecule has 0 aliphatic carbocycles. The Morgan fingerprint density at radius 1 is 1.33 bits per heavy atom. The molecule has 0 saturated carbocycles. The van der Waals surface area contributed by atoms with E-state index in [4.69, 9.17) is 5.11 Å². The maximum atomic E-state index is 11.9. The van der Waals surface area contributed by atoms with Crippen LogP contribution < -0.4 is 16.4 Å². The van der Waals surface area contributed by atoms with Gasteiger partial charge in [0.25, 0.3) is 0 Å². The summed E-state index contributed by atoms with van der Waals surface area (Å²) in [6, 6.07) is 4.22. The third-order valence-electron chi connectivity index (χ3n) is 2.92. The molecule has 2 aromatic rings. The van der Waals surface area contributed by atoms with Crippen LogP contribution in [0.15, 0.2) is 27.8 Å². The Bertz CT molecular complexity index is 834. The third kappa shape index (κ3) is 2.69. The van der Waals surface area contributed by atoms with E-state index in [1.54, 1.807) is 6.92 Å². The van der Waals surface area contributed by atoms with Gasteiger partial charge < -0.3 is 15.4 Å². The van der Waals surface area contributed by atoms with Crippen molar-refractivity contribution < 1.29 is 14.7 Å². The Labute approximate surface area is 118 Å². The zero-order valence-electron chi connectivity index (χ0n) is 11.2. The van der Waals surface area contributed by atoms with Crippen molar-refractivity contribution in [2.45, 2.75) is 13.5 Å². The van der Waals surface area contributed by atoms with E-state index in [1.807, 2.05) is 0 Å². The fourth-order valence-electron chi connectivity index (χ4n) is 2.03. The molecule has 1 heterocycles. The van der Waals surface area contributed by atoms with Gasteiger partial charge in [0.1, 0.15) is 6.54 Å². The molecule has 8 heteroatoms. The number of H-pyrrole nitrogens is 1. The van der Waals surface area contributed by atoms with Gasteiger partial charge in [0, 0.05) is 6.54 Å². The summed E-state index contributed by atoms with van der Waals surface area (Å²) in [5.41, 5.74) is -1.82. The molecule has 0 fully saturated rings. The standard InChI is InChI=1S/C13H13N3O5/c1-2-14-9(17)6-16-8-5-3-4-7(13(20)21)10(8)15-11(18)12(16)19/h3-5H,2,6H2,1H3,(H,14,17)(H,15,18)(H,20,21). The first kappa shape index (κ1) is 14.5. The molecule has 110 valence electrons. The highest BCUT2D eigenvalue weighted by Crippen LogP contribution is 2.14. The molecular formula is C13H13N3O5. The molecule has 1 aromatic heterocycles. The number of benzene rings is 1. The highest BCUT2D eigenvalue weighted by molar-refractivity contribution is 6.00. The molecule has 0 atom stereocenters. The Balaban J connectivity index is 2.74. The van der Waals surface area contributed by atoms with Crippen LogP contribution in [0, 0.1) is 0 Å². The van der Waals surface area contributed by atoms with Crippen LogP contribution in [0.4, 0.5) is 0 Å². The number of carboxylic acids is 1. The highest BCUT2D eigenvalue weighted by Gasteiger charge is 2.15. The number of nitrogens with zero attached hydrogens (tertiary/aromatic N) is 1. The minimum Gasteiger partial charge on any atom is -0.478 e. The fraction of sp³-hybridized carbons (Fsp3) is 0.231. The van der Waals surface area contributed by atoms with Crippen LogP contribution in [-0.2, 0) is 11.3 Å². The van der Waals surface area contributed by atoms with Gasteiger partial charge in [0.05, 0.1) is 16.6 Å². The number of hydrogen-bond donors (Lipinski definition) is 3. The number of carboxylic acid groups (broad SMARTS) is 1. The quantitative estimate of drug-likeness (QED) is 0.657. The van der Waals surface area contributed by atoms with Crippen molar-refractivity contribution in [3.05, 3.63) is 44.5 Å². The van der Waals surface area contributed by atoms with Crippen molar-refractivity contribution in [2.75, 3.05) is 6.54 Å². The molecule has 0 unspecified atom stereocenters. The smallest absolute Gasteiger partial charge is 0.337 e. The molecule has 1 amide bonds. The van der Waals surface area contributed by atoms with Gasteiger partial charge in [0.2, 0.25) is 5.91 Å². The van der Waals surface area contributed by atoms with Crippen LogP contribution in [0.3, 0.4) is 0 Å². The number of likely N-dealkylation sites (N-methyl/N-ethyl adjacent to an activating group) is 1. The Morgan fingerprint density at radius 3 is 2.67 bits per heavy atom. The number of amides is 1. The van der Waals surface area contributed by atoms with Crippen molar-refractivity contribution in [3.63, 3.8) is 0 Å². The topological polar surface area (TPSA) is 121 Å². The first-order valence-corrected chi connectivity index (χ1v) is 6.21. The lowest BCUT2D eigenvalue weighted by atomic mass is 10.1. The van der Waals surface area contributed by atoms with Crippen LogP contribution in [0.1, 0.15) is 17.3 Å². The first-order chi connectivity index (χ1) is 9.95. The van der Waals surface area contributed by atoms with E-state index in [0.29, 0.717) is 6.54 Å². The number of aromatic carboxylic acids is 1. The lowest BCUT2D eigenvalue weighted by Gasteiger charge is -2.10. The summed E-state index contributed by atoms with van der Waals surface area (Å²) in [7, 11) is 0. The number of carbonyl (C=O) groups is 2. The van der Waals surface area contributed by atoms with Gasteiger partial charge in [-0.05, 0) is 19.1 Å². The Morgan fingerprint density at radius 2 is 2.05 bits per heavy atom. The molecule has 0 bridgehead atoms. The van der Waals surface area contributed by atoms with E-state index in [0.717, 1.165) is 4.57 Å². The zero-order chi connectivity index (χ0) is 15.6. The number of hydrogen-bond acceptors (Lipinski definition) is 4. The second kappa shape index (κ2) is 5.61. The SMILES string of the molecule is CCNC(=O)Cn1c(=O)c(=O)[nH]c2c(C(=O)O)cccc21. The van der Waals surface area contributed by atoms with Crippen LogP contribution in [0.25, 0.3) is 11.0 Å². The minimum absolute atomic E-state index is 0.0129. The summed E-state index contributed by atoms with van der Waals surface area (Å²) >= 11 is 0. The monoisotopic (exact) mass is 291 g/mol. The number of aromatic amines is 1. The second-order valence-corrected chi connectivity index (χ2v) is 4.30. The molecule has 0 saturated heterocycles. The normalized spacial score (nSPS) is 10.5. The summed E-state index contributed by atoms with van der Waals surface area (Å²) in [6.07, 6.45) is 0. The molecule has 1 aromatic carbocycles. The van der Waals surface area contributed by atoms with Gasteiger partial charge >= 0.3 is 17.1 Å². The second-order valence-electron chi connectivity index (χ2n) is 4.30. The van der Waals surface area contributed by atoms with E-state index in [2.05, 4.69) is 10.3 Å². The van der Waals surface area contributed by atoms with Gasteiger partial charge in [-0.15, -0.1) is 0 Å². The third-order valence-corrected chi connectivity index (χ3v) is 2.92. The summed E-state index contributed by atoms with van der Waals surface area (Å²) in [5, 5.41) is 11.6. The molecule has 8 nitrogen and oxygen atoms in total. The molecule has 0 radical (unpaired) electrons. The lowest BCUT2D eigenvalue weighted by molar-refractivity contribution is -0.121. The molecule has 3 N–H and O–H groups in total. The maximum Gasteiger partial charge on any atom is 0.337 e. The largest absolute Gasteiger partial charge is 0.478 e. The summed E-state index contributed by atoms with van der Waals surface area (Å²) < 4.78 is 0.964. The van der Waals surface area contributed by atoms with Gasteiger partial charge in [-0.3, -0.25) is 19.0 Å². The van der Waals surface area contributed by atoms with Crippen LogP contribution in [0.5, 0.6) is 0 Å². The van der Waals surface area contributed by atoms with Gasteiger partial charge in [-0.2, -0.15) is 0 Å². The fourth-order valence-corrected chi connectivity index (χ4v) is 2.03. The van der Waals surface area contributed by atoms with E-state index in [-0.39, 0.29) is 23.1 Å². The number of aromatic nitrogens is 2. The highest BCUT2D eigenvalue weighted by atomic mass is 16.4. The molecule has 21 heavy (non-hydrogen) atoms. The first-order valence-electron chi connectivity index (χ1n) is 6.21. The predicted octanol–water partition coefficient (Wildman–Crippen LogP) is -0.476. The number of carbonyl (C=O) groups excluding carboxylic acids is 1. The van der Waals surface area contributed by atoms with Crippen molar-refractivity contribution in [1.82, 2.24) is 14.9 Å². The maximum absolute atomic E-state index is 11.9. The van der Waals surface area contributed by atoms with Gasteiger partial charge in [0.15, 0.2) is 0 Å². The van der Waals surface area contributed by atoms with E-state index in [1.165, 1.54) is 18.2 Å². The van der Waals surface area contributed by atoms with Crippen LogP contribution in [0.2, 0.25) is 0 Å². The van der Waals surface area contributed by atoms with Crippen LogP contribution in [-0.4, -0.2) is 33.1 Å². The predicted molar refractivity (Wildman–Crippen MR) is 74.5 cm³/mol. The van der Waals surface area contributed by atoms with Crippen molar-refractivity contribution >= 4 is 22.9 Å². The van der Waals surface area contributed by atoms with Crippen molar-refractivity contribution in [2.24, 2.45) is 0 Å².